The number of halogens is 3. The number of nitrogens with zero attached hydrogens (tertiary/aromatic N) is 3. The molecule has 0 bridgehead atoms. The molecule has 1 aromatic carbocycles. The van der Waals surface area contributed by atoms with E-state index >= 15 is 0 Å². The number of hydrogen-bond donors (Lipinski definition) is 0. The van der Waals surface area contributed by atoms with Crippen molar-refractivity contribution in [3.05, 3.63) is 34.8 Å². The van der Waals surface area contributed by atoms with E-state index in [1.165, 1.54) is 29.5 Å². The summed E-state index contributed by atoms with van der Waals surface area (Å²) in [4.78, 5) is 24.2. The predicted octanol–water partition coefficient (Wildman–Crippen LogP) is 4.61. The second kappa shape index (κ2) is 8.25. The number of carbonyl (C=O) groups is 1. The van der Waals surface area contributed by atoms with Crippen molar-refractivity contribution in [2.75, 3.05) is 18.1 Å². The Kier molecular flexibility index (Phi) is 5.70. The molecular weight excluding hydrogens is 427 g/mol. The van der Waals surface area contributed by atoms with Crippen LogP contribution < -0.4 is 9.64 Å². The molecule has 0 saturated carbocycles. The van der Waals surface area contributed by atoms with Crippen LogP contribution in [0, 0.1) is 5.92 Å². The molecule has 29 heavy (non-hydrogen) atoms. The number of carbonyl (C=O) groups excluding carboxylic acids is 1. The first kappa shape index (κ1) is 20.0. The van der Waals surface area contributed by atoms with Crippen LogP contribution in [0.2, 0.25) is 0 Å². The second-order valence-corrected chi connectivity index (χ2v) is 8.43. The normalized spacial score (nSPS) is 15.6. The number of thiazole rings is 2. The van der Waals surface area contributed by atoms with Crippen molar-refractivity contribution >= 4 is 43.9 Å². The predicted molar refractivity (Wildman–Crippen MR) is 103 cm³/mol. The smallest absolute Gasteiger partial charge is 0.406 e. The number of alkyl halides is 3. The lowest BCUT2D eigenvalue weighted by atomic mass is 9.99. The van der Waals surface area contributed by atoms with Crippen LogP contribution in [-0.4, -0.2) is 35.5 Å². The van der Waals surface area contributed by atoms with Gasteiger partial charge in [-0.1, -0.05) is 11.3 Å². The van der Waals surface area contributed by atoms with Gasteiger partial charge in [0.05, 0.1) is 22.3 Å². The van der Waals surface area contributed by atoms with Crippen molar-refractivity contribution < 1.29 is 27.4 Å². The monoisotopic (exact) mass is 443 g/mol. The summed E-state index contributed by atoms with van der Waals surface area (Å²) >= 11 is 2.59. The summed E-state index contributed by atoms with van der Waals surface area (Å²) in [6, 6.07) is 3.96. The van der Waals surface area contributed by atoms with Crippen LogP contribution in [0.4, 0.5) is 18.3 Å². The van der Waals surface area contributed by atoms with E-state index in [0.29, 0.717) is 47.9 Å². The van der Waals surface area contributed by atoms with Crippen LogP contribution in [0.25, 0.3) is 10.2 Å². The molecule has 0 N–H and O–H groups in total. The zero-order valence-corrected chi connectivity index (χ0v) is 16.6. The molecule has 3 aromatic rings. The maximum absolute atomic E-state index is 13.2. The number of benzene rings is 1. The SMILES string of the molecule is O=C(C1CCOCC1)N(Cc1cncs1)c1nc2ccc(OC(F)(F)F)cc2s1. The highest BCUT2D eigenvalue weighted by atomic mass is 32.1. The summed E-state index contributed by atoms with van der Waals surface area (Å²) in [7, 11) is 0. The fraction of sp³-hybridized carbons (Fsp3) is 0.389. The highest BCUT2D eigenvalue weighted by Gasteiger charge is 2.32. The lowest BCUT2D eigenvalue weighted by molar-refractivity contribution is -0.274. The Balaban J connectivity index is 1.65. The van der Waals surface area contributed by atoms with Crippen molar-refractivity contribution in [3.63, 3.8) is 0 Å². The van der Waals surface area contributed by atoms with Gasteiger partial charge in [0.15, 0.2) is 5.13 Å². The van der Waals surface area contributed by atoms with Crippen molar-refractivity contribution in [1.29, 1.82) is 0 Å². The molecule has 0 atom stereocenters. The Morgan fingerprint density at radius 2 is 2.10 bits per heavy atom. The minimum absolute atomic E-state index is 0.0625. The highest BCUT2D eigenvalue weighted by molar-refractivity contribution is 7.22. The van der Waals surface area contributed by atoms with Gasteiger partial charge < -0.3 is 9.47 Å². The first-order valence-electron chi connectivity index (χ1n) is 8.82. The van der Waals surface area contributed by atoms with Gasteiger partial charge in [0.2, 0.25) is 5.91 Å². The first-order chi connectivity index (χ1) is 13.9. The number of anilines is 1. The van der Waals surface area contributed by atoms with Crippen molar-refractivity contribution in [3.8, 4) is 5.75 Å². The molecule has 0 spiro atoms. The van der Waals surface area contributed by atoms with Crippen LogP contribution in [0.5, 0.6) is 5.75 Å². The van der Waals surface area contributed by atoms with Gasteiger partial charge in [-0.25, -0.2) is 4.98 Å². The van der Waals surface area contributed by atoms with Crippen molar-refractivity contribution in [1.82, 2.24) is 9.97 Å². The minimum Gasteiger partial charge on any atom is -0.406 e. The summed E-state index contributed by atoms with van der Waals surface area (Å²) < 4.78 is 47.3. The number of fused-ring (bicyclic) bond motifs is 1. The van der Waals surface area contributed by atoms with Crippen LogP contribution >= 0.6 is 22.7 Å². The van der Waals surface area contributed by atoms with Gasteiger partial charge >= 0.3 is 6.36 Å². The molecule has 6 nitrogen and oxygen atoms in total. The molecule has 4 rings (SSSR count). The fourth-order valence-corrected chi connectivity index (χ4v) is 4.67. The summed E-state index contributed by atoms with van der Waals surface area (Å²) in [5.41, 5.74) is 2.19. The van der Waals surface area contributed by atoms with Crippen molar-refractivity contribution in [2.24, 2.45) is 5.92 Å². The lowest BCUT2D eigenvalue weighted by Gasteiger charge is -2.27. The summed E-state index contributed by atoms with van der Waals surface area (Å²) in [6.45, 7) is 1.37. The molecule has 1 amide bonds. The number of hydrogen-bond acceptors (Lipinski definition) is 7. The third-order valence-electron chi connectivity index (χ3n) is 4.45. The number of amides is 1. The Morgan fingerprint density at radius 1 is 1.31 bits per heavy atom. The van der Waals surface area contributed by atoms with Gasteiger partial charge in [-0.15, -0.1) is 24.5 Å². The standard InChI is InChI=1S/C18H16F3N3O3S2/c19-18(20,21)27-12-1-2-14-15(7-12)29-17(23-14)24(9-13-8-22-10-28-13)16(25)11-3-5-26-6-4-11/h1-2,7-8,10-11H,3-6,9H2. The van der Waals surface area contributed by atoms with Crippen LogP contribution in [0.3, 0.4) is 0 Å². The molecule has 1 aliphatic rings. The van der Waals surface area contributed by atoms with Crippen LogP contribution in [0.15, 0.2) is 29.9 Å². The molecular formula is C18H16F3N3O3S2. The second-order valence-electron chi connectivity index (χ2n) is 6.45. The average molecular weight is 443 g/mol. The van der Waals surface area contributed by atoms with E-state index < -0.39 is 6.36 Å². The summed E-state index contributed by atoms with van der Waals surface area (Å²) in [5.74, 6) is -0.551. The summed E-state index contributed by atoms with van der Waals surface area (Å²) in [6.07, 6.45) is -1.81. The molecule has 154 valence electrons. The number of aromatic nitrogens is 2. The zero-order valence-electron chi connectivity index (χ0n) is 15.0. The van der Waals surface area contributed by atoms with Gasteiger partial charge in [-0.2, -0.15) is 0 Å². The topological polar surface area (TPSA) is 64.5 Å². The molecule has 1 aliphatic heterocycles. The average Bonchev–Trinajstić information content (AvgIpc) is 3.34. The van der Waals surface area contributed by atoms with Crippen LogP contribution in [-0.2, 0) is 16.1 Å². The van der Waals surface area contributed by atoms with Gasteiger partial charge in [0.25, 0.3) is 0 Å². The van der Waals surface area contributed by atoms with E-state index in [9.17, 15) is 18.0 Å². The van der Waals surface area contributed by atoms with Crippen molar-refractivity contribution in [2.45, 2.75) is 25.7 Å². The Hall–Kier alpha value is -2.24. The molecule has 0 aliphatic carbocycles. The van der Waals surface area contributed by atoms with E-state index in [2.05, 4.69) is 14.7 Å². The number of ether oxygens (including phenoxy) is 2. The summed E-state index contributed by atoms with van der Waals surface area (Å²) in [5, 5.41) is 0.439. The fourth-order valence-electron chi connectivity index (χ4n) is 3.09. The Bertz CT molecular complexity index is 985. The molecule has 1 saturated heterocycles. The molecule has 0 unspecified atom stereocenters. The van der Waals surface area contributed by atoms with Gasteiger partial charge in [-0.3, -0.25) is 14.7 Å². The van der Waals surface area contributed by atoms with E-state index in [1.54, 1.807) is 16.6 Å². The van der Waals surface area contributed by atoms with Gasteiger partial charge in [0.1, 0.15) is 5.75 Å². The first-order valence-corrected chi connectivity index (χ1v) is 10.5. The quantitative estimate of drug-likeness (QED) is 0.576. The zero-order chi connectivity index (χ0) is 20.4. The molecule has 2 aromatic heterocycles. The van der Waals surface area contributed by atoms with E-state index in [-0.39, 0.29) is 17.6 Å². The van der Waals surface area contributed by atoms with Gasteiger partial charge in [0, 0.05) is 36.3 Å². The molecule has 11 heteroatoms. The number of rotatable bonds is 5. The Morgan fingerprint density at radius 3 is 2.79 bits per heavy atom. The largest absolute Gasteiger partial charge is 0.573 e. The molecule has 3 heterocycles. The third kappa shape index (κ3) is 4.85. The highest BCUT2D eigenvalue weighted by Crippen LogP contribution is 2.35. The minimum atomic E-state index is -4.77. The van der Waals surface area contributed by atoms with E-state index in [4.69, 9.17) is 4.74 Å². The van der Waals surface area contributed by atoms with Crippen LogP contribution in [0.1, 0.15) is 17.7 Å². The van der Waals surface area contributed by atoms with E-state index in [0.717, 1.165) is 16.2 Å². The van der Waals surface area contributed by atoms with E-state index in [1.807, 2.05) is 0 Å². The third-order valence-corrected chi connectivity index (χ3v) is 6.25. The maximum Gasteiger partial charge on any atom is 0.573 e. The van der Waals surface area contributed by atoms with Gasteiger partial charge in [-0.05, 0) is 25.0 Å². The lowest BCUT2D eigenvalue weighted by Crippen LogP contribution is -2.38. The molecule has 0 radical (unpaired) electrons. The maximum atomic E-state index is 13.2. The molecule has 1 fully saturated rings. The Labute approximate surface area is 171 Å².